The Morgan fingerprint density at radius 2 is 2.17 bits per heavy atom. The minimum absolute atomic E-state index is 0.0960. The van der Waals surface area contributed by atoms with E-state index in [-0.39, 0.29) is 12.0 Å². The van der Waals surface area contributed by atoms with Crippen LogP contribution in [-0.2, 0) is 16.0 Å². The number of rotatable bonds is 5. The van der Waals surface area contributed by atoms with Crippen LogP contribution in [0.25, 0.3) is 0 Å². The third kappa shape index (κ3) is 3.87. The van der Waals surface area contributed by atoms with Crippen LogP contribution in [-0.4, -0.2) is 23.6 Å². The molecular formula is C18H21N3O2. The van der Waals surface area contributed by atoms with Crippen LogP contribution < -0.4 is 10.6 Å². The first-order valence-electron chi connectivity index (χ1n) is 7.99. The Balaban J connectivity index is 1.63. The average Bonchev–Trinajstić information content (AvgIpc) is 3.12. The molecule has 1 aliphatic heterocycles. The normalized spacial score (nSPS) is 17.0. The van der Waals surface area contributed by atoms with Crippen LogP contribution in [0.1, 0.15) is 25.3 Å². The van der Waals surface area contributed by atoms with Crippen molar-refractivity contribution in [3.8, 4) is 0 Å². The van der Waals surface area contributed by atoms with Crippen LogP contribution in [0.2, 0.25) is 0 Å². The second-order valence-corrected chi connectivity index (χ2v) is 5.56. The minimum atomic E-state index is -0.329. The van der Waals surface area contributed by atoms with E-state index in [1.807, 2.05) is 30.3 Å². The van der Waals surface area contributed by atoms with E-state index in [1.54, 1.807) is 6.20 Å². The Kier molecular flexibility index (Phi) is 4.88. The zero-order chi connectivity index (χ0) is 16.1. The summed E-state index contributed by atoms with van der Waals surface area (Å²) in [7, 11) is 0. The first-order valence-corrected chi connectivity index (χ1v) is 7.99. The number of aryl methyl sites for hydroxylation is 1. The van der Waals surface area contributed by atoms with Gasteiger partial charge in [-0.1, -0.05) is 25.1 Å². The van der Waals surface area contributed by atoms with Gasteiger partial charge in [-0.2, -0.15) is 0 Å². The molecule has 1 aromatic carbocycles. The van der Waals surface area contributed by atoms with Gasteiger partial charge in [0, 0.05) is 12.3 Å². The van der Waals surface area contributed by atoms with Gasteiger partial charge in [-0.25, -0.2) is 4.98 Å². The van der Waals surface area contributed by atoms with Crippen molar-refractivity contribution in [3.05, 3.63) is 48.2 Å². The lowest BCUT2D eigenvalue weighted by Crippen LogP contribution is -2.26. The molecular weight excluding hydrogens is 290 g/mol. The number of carbonyl (C=O) groups excluding carboxylic acids is 1. The number of anilines is 3. The highest BCUT2D eigenvalue weighted by Crippen LogP contribution is 2.21. The second-order valence-electron chi connectivity index (χ2n) is 5.56. The van der Waals surface area contributed by atoms with Gasteiger partial charge in [-0.15, -0.1) is 0 Å². The molecule has 1 aromatic heterocycles. The smallest absolute Gasteiger partial charge is 0.253 e. The number of hydrogen-bond donors (Lipinski definition) is 2. The SMILES string of the molecule is CCc1ccccc1Nc1ccc(NC(=O)C2CCCO2)cn1. The van der Waals surface area contributed by atoms with E-state index in [0.29, 0.717) is 12.3 Å². The van der Waals surface area contributed by atoms with Crippen LogP contribution in [0, 0.1) is 0 Å². The molecule has 1 amide bonds. The third-order valence-corrected chi connectivity index (χ3v) is 3.91. The summed E-state index contributed by atoms with van der Waals surface area (Å²) in [6.07, 6.45) is 4.01. The van der Waals surface area contributed by atoms with Crippen molar-refractivity contribution in [1.82, 2.24) is 4.98 Å². The number of nitrogens with one attached hydrogen (secondary N) is 2. The van der Waals surface area contributed by atoms with E-state index in [1.165, 1.54) is 5.56 Å². The third-order valence-electron chi connectivity index (χ3n) is 3.91. The zero-order valence-corrected chi connectivity index (χ0v) is 13.2. The number of pyridine rings is 1. The second kappa shape index (κ2) is 7.24. The Morgan fingerprint density at radius 1 is 1.30 bits per heavy atom. The van der Waals surface area contributed by atoms with Crippen LogP contribution in [0.15, 0.2) is 42.6 Å². The van der Waals surface area contributed by atoms with E-state index < -0.39 is 0 Å². The lowest BCUT2D eigenvalue weighted by molar-refractivity contribution is -0.124. The van der Waals surface area contributed by atoms with Crippen molar-refractivity contribution in [2.45, 2.75) is 32.3 Å². The lowest BCUT2D eigenvalue weighted by Gasteiger charge is -2.12. The number of para-hydroxylation sites is 1. The summed E-state index contributed by atoms with van der Waals surface area (Å²) in [5.74, 6) is 0.655. The van der Waals surface area contributed by atoms with E-state index in [2.05, 4.69) is 28.6 Å². The molecule has 2 heterocycles. The molecule has 5 heteroatoms. The lowest BCUT2D eigenvalue weighted by atomic mass is 10.1. The fourth-order valence-electron chi connectivity index (χ4n) is 2.64. The number of aromatic nitrogens is 1. The largest absolute Gasteiger partial charge is 0.368 e. The summed E-state index contributed by atoms with van der Waals surface area (Å²) in [6, 6.07) is 11.9. The highest BCUT2D eigenvalue weighted by Gasteiger charge is 2.23. The van der Waals surface area contributed by atoms with Crippen molar-refractivity contribution in [3.63, 3.8) is 0 Å². The van der Waals surface area contributed by atoms with E-state index in [4.69, 9.17) is 4.74 Å². The highest BCUT2D eigenvalue weighted by atomic mass is 16.5. The summed E-state index contributed by atoms with van der Waals surface area (Å²) in [6.45, 7) is 2.79. The molecule has 2 aromatic rings. The Bertz CT molecular complexity index is 664. The maximum absolute atomic E-state index is 12.0. The maximum atomic E-state index is 12.0. The number of nitrogens with zero attached hydrogens (tertiary/aromatic N) is 1. The van der Waals surface area contributed by atoms with Gasteiger partial charge in [0.25, 0.3) is 5.91 Å². The molecule has 1 atom stereocenters. The van der Waals surface area contributed by atoms with Crippen LogP contribution in [0.5, 0.6) is 0 Å². The van der Waals surface area contributed by atoms with Gasteiger partial charge in [0.05, 0.1) is 11.9 Å². The number of ether oxygens (including phenoxy) is 1. The monoisotopic (exact) mass is 311 g/mol. The molecule has 120 valence electrons. The van der Waals surface area contributed by atoms with Crippen LogP contribution >= 0.6 is 0 Å². The molecule has 2 N–H and O–H groups in total. The molecule has 0 radical (unpaired) electrons. The fraction of sp³-hybridized carbons (Fsp3) is 0.333. The number of carbonyl (C=O) groups is 1. The topological polar surface area (TPSA) is 63.2 Å². The molecule has 0 aliphatic carbocycles. The molecule has 0 saturated carbocycles. The van der Waals surface area contributed by atoms with Gasteiger partial charge in [0.15, 0.2) is 0 Å². The molecule has 3 rings (SSSR count). The molecule has 1 unspecified atom stereocenters. The quantitative estimate of drug-likeness (QED) is 0.887. The van der Waals surface area contributed by atoms with Crippen molar-refractivity contribution in [2.24, 2.45) is 0 Å². The molecule has 1 saturated heterocycles. The van der Waals surface area contributed by atoms with Gasteiger partial charge in [-0.3, -0.25) is 4.79 Å². The Labute approximate surface area is 136 Å². The van der Waals surface area contributed by atoms with Gasteiger partial charge in [0.1, 0.15) is 11.9 Å². The first kappa shape index (κ1) is 15.5. The van der Waals surface area contributed by atoms with Gasteiger partial charge in [0.2, 0.25) is 0 Å². The van der Waals surface area contributed by atoms with Crippen LogP contribution in [0.3, 0.4) is 0 Å². The molecule has 1 fully saturated rings. The van der Waals surface area contributed by atoms with Crippen molar-refractivity contribution < 1.29 is 9.53 Å². The average molecular weight is 311 g/mol. The van der Waals surface area contributed by atoms with E-state index in [0.717, 1.165) is 30.8 Å². The molecule has 5 nitrogen and oxygen atoms in total. The predicted octanol–water partition coefficient (Wildman–Crippen LogP) is 3.51. The summed E-state index contributed by atoms with van der Waals surface area (Å²) in [4.78, 5) is 16.4. The Hall–Kier alpha value is -2.40. The summed E-state index contributed by atoms with van der Waals surface area (Å²) >= 11 is 0. The van der Waals surface area contributed by atoms with Gasteiger partial charge in [-0.05, 0) is 43.0 Å². The number of hydrogen-bond acceptors (Lipinski definition) is 4. The Morgan fingerprint density at radius 3 is 2.87 bits per heavy atom. The fourth-order valence-corrected chi connectivity index (χ4v) is 2.64. The maximum Gasteiger partial charge on any atom is 0.253 e. The molecule has 1 aliphatic rings. The van der Waals surface area contributed by atoms with E-state index in [9.17, 15) is 4.79 Å². The minimum Gasteiger partial charge on any atom is -0.368 e. The molecule has 23 heavy (non-hydrogen) atoms. The zero-order valence-electron chi connectivity index (χ0n) is 13.2. The molecule has 0 bridgehead atoms. The standard InChI is InChI=1S/C18H21N3O2/c1-2-13-6-3-4-7-15(13)21-17-10-9-14(12-19-17)20-18(22)16-8-5-11-23-16/h3-4,6-7,9-10,12,16H,2,5,8,11H2,1H3,(H,19,21)(H,20,22). The van der Waals surface area contributed by atoms with E-state index >= 15 is 0 Å². The van der Waals surface area contributed by atoms with Crippen molar-refractivity contribution in [1.29, 1.82) is 0 Å². The summed E-state index contributed by atoms with van der Waals surface area (Å²) < 4.78 is 5.37. The van der Waals surface area contributed by atoms with Crippen LogP contribution in [0.4, 0.5) is 17.2 Å². The van der Waals surface area contributed by atoms with Gasteiger partial charge < -0.3 is 15.4 Å². The summed E-state index contributed by atoms with van der Waals surface area (Å²) in [5.41, 5.74) is 2.98. The van der Waals surface area contributed by atoms with Crippen molar-refractivity contribution in [2.75, 3.05) is 17.2 Å². The van der Waals surface area contributed by atoms with Crippen molar-refractivity contribution >= 4 is 23.1 Å². The first-order chi connectivity index (χ1) is 11.3. The van der Waals surface area contributed by atoms with Gasteiger partial charge >= 0.3 is 0 Å². The highest BCUT2D eigenvalue weighted by molar-refractivity contribution is 5.94. The number of amides is 1. The number of benzene rings is 1. The summed E-state index contributed by atoms with van der Waals surface area (Å²) in [5, 5.41) is 6.15. The molecule has 0 spiro atoms. The predicted molar refractivity (Wildman–Crippen MR) is 90.9 cm³/mol.